The van der Waals surface area contributed by atoms with E-state index in [0.717, 1.165) is 21.2 Å². The number of fused-ring (bicyclic) bond motifs is 2. The van der Waals surface area contributed by atoms with Gasteiger partial charge in [-0.2, -0.15) is 5.26 Å². The molecule has 2 aliphatic rings. The Labute approximate surface area is 193 Å². The molecule has 0 unspecified atom stereocenters. The Morgan fingerprint density at radius 2 is 1.78 bits per heavy atom. The Bertz CT molecular complexity index is 1280. The number of halogens is 1. The van der Waals surface area contributed by atoms with Crippen LogP contribution in [0.1, 0.15) is 28.2 Å². The Kier molecular flexibility index (Phi) is 5.16. The number of rotatable bonds is 4. The van der Waals surface area contributed by atoms with Gasteiger partial charge in [-0.3, -0.25) is 0 Å². The van der Waals surface area contributed by atoms with Crippen molar-refractivity contribution in [1.82, 2.24) is 0 Å². The first-order chi connectivity index (χ1) is 15.5. The number of benzene rings is 3. The molecule has 0 saturated carbocycles. The van der Waals surface area contributed by atoms with E-state index in [4.69, 9.17) is 24.7 Å². The highest BCUT2D eigenvalue weighted by Crippen LogP contribution is 2.49. The second-order valence-electron chi connectivity index (χ2n) is 7.62. The highest BCUT2D eigenvalue weighted by Gasteiger charge is 2.35. The number of nitrogens with two attached hydrogens (primary N) is 1. The summed E-state index contributed by atoms with van der Waals surface area (Å²) in [6.07, 6.45) is 0. The van der Waals surface area contributed by atoms with Crippen LogP contribution in [0.25, 0.3) is 0 Å². The summed E-state index contributed by atoms with van der Waals surface area (Å²) in [5, 5.41) is 9.93. The first-order valence-corrected chi connectivity index (χ1v) is 10.8. The molecule has 0 fully saturated rings. The lowest BCUT2D eigenvalue weighted by Crippen LogP contribution is -2.21. The number of nitrogens with zero attached hydrogens (tertiary/aromatic N) is 1. The zero-order chi connectivity index (χ0) is 22.2. The molecule has 0 bridgehead atoms. The average Bonchev–Trinajstić information content (AvgIpc) is 3.24. The van der Waals surface area contributed by atoms with E-state index in [1.165, 1.54) is 5.56 Å². The second-order valence-corrected chi connectivity index (χ2v) is 8.54. The standard InChI is InChI=1S/C25H19BrN2O4/c1-14-2-4-15(5-3-14)12-29-20-7-6-16(26)8-17(20)24-18-9-22-23(31-13-30-22)10-21(18)32-25(28)19(24)11-27/h2-10,24H,12-13,28H2,1H3/t24-/m1/s1. The number of aryl methyl sites for hydroxylation is 1. The van der Waals surface area contributed by atoms with Crippen molar-refractivity contribution in [3.05, 3.63) is 92.8 Å². The normalized spacial score (nSPS) is 16.2. The lowest BCUT2D eigenvalue weighted by Gasteiger charge is -2.28. The number of ether oxygens (including phenoxy) is 4. The first kappa shape index (κ1) is 20.3. The van der Waals surface area contributed by atoms with Gasteiger partial charge < -0.3 is 24.7 Å². The van der Waals surface area contributed by atoms with Crippen LogP contribution >= 0.6 is 15.9 Å². The van der Waals surface area contributed by atoms with Gasteiger partial charge in [0.05, 0.1) is 5.92 Å². The summed E-state index contributed by atoms with van der Waals surface area (Å²) in [6, 6.07) is 19.7. The molecule has 3 aromatic carbocycles. The van der Waals surface area contributed by atoms with E-state index in [1.54, 1.807) is 6.07 Å². The Balaban J connectivity index is 1.59. The van der Waals surface area contributed by atoms with Crippen molar-refractivity contribution in [2.45, 2.75) is 19.4 Å². The molecule has 0 spiro atoms. The molecule has 2 heterocycles. The number of allylic oxidation sites excluding steroid dienone is 1. The van der Waals surface area contributed by atoms with E-state index in [2.05, 4.69) is 34.1 Å². The van der Waals surface area contributed by atoms with Gasteiger partial charge >= 0.3 is 0 Å². The summed E-state index contributed by atoms with van der Waals surface area (Å²) in [6.45, 7) is 2.58. The molecule has 1 atom stereocenters. The highest BCUT2D eigenvalue weighted by atomic mass is 79.9. The Morgan fingerprint density at radius 1 is 1.03 bits per heavy atom. The summed E-state index contributed by atoms with van der Waals surface area (Å²) in [7, 11) is 0. The molecular formula is C25H19BrN2O4. The molecule has 0 amide bonds. The largest absolute Gasteiger partial charge is 0.489 e. The third-order valence-electron chi connectivity index (χ3n) is 5.51. The van der Waals surface area contributed by atoms with E-state index in [1.807, 2.05) is 43.3 Å². The van der Waals surface area contributed by atoms with Crippen LogP contribution in [0.4, 0.5) is 0 Å². The molecule has 2 aliphatic heterocycles. The minimum atomic E-state index is -0.483. The van der Waals surface area contributed by atoms with Gasteiger partial charge in [-0.25, -0.2) is 0 Å². The van der Waals surface area contributed by atoms with Gasteiger partial charge in [-0.15, -0.1) is 0 Å². The summed E-state index contributed by atoms with van der Waals surface area (Å²) < 4.78 is 23.9. The van der Waals surface area contributed by atoms with Crippen LogP contribution in [0, 0.1) is 18.3 Å². The van der Waals surface area contributed by atoms with E-state index >= 15 is 0 Å². The molecule has 32 heavy (non-hydrogen) atoms. The van der Waals surface area contributed by atoms with Crippen molar-refractivity contribution in [2.75, 3.05) is 6.79 Å². The van der Waals surface area contributed by atoms with Crippen LogP contribution in [-0.4, -0.2) is 6.79 Å². The maximum Gasteiger partial charge on any atom is 0.231 e. The molecule has 2 N–H and O–H groups in total. The fourth-order valence-electron chi connectivity index (χ4n) is 3.89. The van der Waals surface area contributed by atoms with Gasteiger partial charge in [0.15, 0.2) is 11.5 Å². The number of hydrogen-bond acceptors (Lipinski definition) is 6. The van der Waals surface area contributed by atoms with Gasteiger partial charge in [0.2, 0.25) is 12.7 Å². The first-order valence-electron chi connectivity index (χ1n) is 10.0. The van der Waals surface area contributed by atoms with Crippen molar-refractivity contribution < 1.29 is 18.9 Å². The highest BCUT2D eigenvalue weighted by molar-refractivity contribution is 9.10. The predicted octanol–water partition coefficient (Wildman–Crippen LogP) is 5.28. The zero-order valence-corrected chi connectivity index (χ0v) is 18.8. The van der Waals surface area contributed by atoms with Crippen LogP contribution in [-0.2, 0) is 6.61 Å². The fraction of sp³-hybridized carbons (Fsp3) is 0.160. The van der Waals surface area contributed by atoms with Gasteiger partial charge in [-0.05, 0) is 36.8 Å². The quantitative estimate of drug-likeness (QED) is 0.534. The van der Waals surface area contributed by atoms with Crippen LogP contribution in [0.3, 0.4) is 0 Å². The molecule has 6 nitrogen and oxygen atoms in total. The average molecular weight is 491 g/mol. The molecule has 0 saturated heterocycles. The van der Waals surface area contributed by atoms with Gasteiger partial charge in [0.1, 0.15) is 29.7 Å². The van der Waals surface area contributed by atoms with Crippen molar-refractivity contribution in [1.29, 1.82) is 5.26 Å². The topological polar surface area (TPSA) is 86.7 Å². The summed E-state index contributed by atoms with van der Waals surface area (Å²) in [4.78, 5) is 0. The summed E-state index contributed by atoms with van der Waals surface area (Å²) in [5.74, 6) is 1.95. The molecule has 5 rings (SSSR count). The SMILES string of the molecule is Cc1ccc(COc2ccc(Br)cc2[C@H]2C(C#N)=C(N)Oc3cc4c(cc32)OCO4)cc1. The lowest BCUT2D eigenvalue weighted by molar-refractivity contribution is 0.174. The smallest absolute Gasteiger partial charge is 0.231 e. The minimum absolute atomic E-state index is 0.0633. The van der Waals surface area contributed by atoms with Crippen LogP contribution in [0.2, 0.25) is 0 Å². The Hall–Kier alpha value is -3.63. The van der Waals surface area contributed by atoms with Gasteiger partial charge in [-0.1, -0.05) is 45.8 Å². The van der Waals surface area contributed by atoms with Crippen molar-refractivity contribution in [3.63, 3.8) is 0 Å². The third kappa shape index (κ3) is 3.63. The molecule has 0 aromatic heterocycles. The Morgan fingerprint density at radius 3 is 2.53 bits per heavy atom. The maximum atomic E-state index is 9.93. The fourth-order valence-corrected chi connectivity index (χ4v) is 4.27. The van der Waals surface area contributed by atoms with Crippen molar-refractivity contribution in [3.8, 4) is 29.1 Å². The van der Waals surface area contributed by atoms with Crippen LogP contribution < -0.4 is 24.7 Å². The van der Waals surface area contributed by atoms with Crippen LogP contribution in [0.5, 0.6) is 23.0 Å². The molecule has 0 aliphatic carbocycles. The maximum absolute atomic E-state index is 9.93. The van der Waals surface area contributed by atoms with Crippen molar-refractivity contribution >= 4 is 15.9 Å². The van der Waals surface area contributed by atoms with Gasteiger partial charge in [0, 0.05) is 21.7 Å². The number of hydrogen-bond donors (Lipinski definition) is 1. The van der Waals surface area contributed by atoms with E-state index in [0.29, 0.717) is 35.2 Å². The summed E-state index contributed by atoms with van der Waals surface area (Å²) >= 11 is 3.55. The molecule has 0 radical (unpaired) electrons. The molecular weight excluding hydrogens is 472 g/mol. The molecule has 7 heteroatoms. The van der Waals surface area contributed by atoms with E-state index < -0.39 is 5.92 Å². The number of nitriles is 1. The molecule has 160 valence electrons. The lowest BCUT2D eigenvalue weighted by atomic mass is 9.83. The minimum Gasteiger partial charge on any atom is -0.489 e. The van der Waals surface area contributed by atoms with Gasteiger partial charge in [0.25, 0.3) is 0 Å². The van der Waals surface area contributed by atoms with Crippen molar-refractivity contribution in [2.24, 2.45) is 5.73 Å². The third-order valence-corrected chi connectivity index (χ3v) is 6.00. The predicted molar refractivity (Wildman–Crippen MR) is 122 cm³/mol. The van der Waals surface area contributed by atoms with Crippen LogP contribution in [0.15, 0.2) is 70.5 Å². The van der Waals surface area contributed by atoms with E-state index in [9.17, 15) is 5.26 Å². The monoisotopic (exact) mass is 490 g/mol. The van der Waals surface area contributed by atoms with E-state index in [-0.39, 0.29) is 12.7 Å². The second kappa shape index (κ2) is 8.13. The molecule has 3 aromatic rings. The summed E-state index contributed by atoms with van der Waals surface area (Å²) in [5.41, 5.74) is 10.3. The zero-order valence-electron chi connectivity index (χ0n) is 17.2.